The van der Waals surface area contributed by atoms with Crippen molar-refractivity contribution in [1.29, 1.82) is 0 Å². The lowest BCUT2D eigenvalue weighted by Gasteiger charge is -2.17. The Balaban J connectivity index is 0.000000192. The van der Waals surface area contributed by atoms with E-state index < -0.39 is 5.97 Å². The molecule has 0 unspecified atom stereocenters. The molecule has 0 aliphatic heterocycles. The van der Waals surface area contributed by atoms with Crippen molar-refractivity contribution in [2.24, 2.45) is 0 Å². The minimum Gasteiger partial charge on any atom is -0.488 e. The van der Waals surface area contributed by atoms with E-state index in [-0.39, 0.29) is 11.5 Å². The van der Waals surface area contributed by atoms with Gasteiger partial charge in [-0.2, -0.15) is 0 Å². The van der Waals surface area contributed by atoms with Gasteiger partial charge in [-0.1, -0.05) is 82.8 Å². The molecule has 64 heavy (non-hydrogen) atoms. The van der Waals surface area contributed by atoms with Crippen LogP contribution in [-0.2, 0) is 18.0 Å². The Morgan fingerprint density at radius 2 is 0.938 bits per heavy atom. The van der Waals surface area contributed by atoms with Crippen LogP contribution in [0.5, 0.6) is 11.5 Å². The number of esters is 1. The zero-order valence-electron chi connectivity index (χ0n) is 35.0. The fourth-order valence-corrected chi connectivity index (χ4v) is 7.68. The second-order valence-corrected chi connectivity index (χ2v) is 16.4. The summed E-state index contributed by atoms with van der Waals surface area (Å²) in [5.74, 6) is 0.0618. The number of aromatic carboxylic acids is 1. The molecule has 0 bridgehead atoms. The Hall–Kier alpha value is -6.42. The number of carbonyl (C=O) groups is 2. The summed E-state index contributed by atoms with van der Waals surface area (Å²) in [5.41, 5.74) is 9.72. The van der Waals surface area contributed by atoms with E-state index in [0.717, 1.165) is 56.4 Å². The molecule has 12 heteroatoms. The predicted molar refractivity (Wildman–Crippen MR) is 256 cm³/mol. The maximum absolute atomic E-state index is 12.3. The second kappa shape index (κ2) is 20.8. The van der Waals surface area contributed by atoms with Gasteiger partial charge in [0.15, 0.2) is 0 Å². The molecular weight excluding hydrogens is 890 g/mol. The first-order valence-electron chi connectivity index (χ1n) is 20.2. The molecule has 0 fully saturated rings. The number of carboxylic acids is 1. The third kappa shape index (κ3) is 11.0. The largest absolute Gasteiger partial charge is 0.488 e. The molecule has 8 aromatic rings. The average molecular weight is 933 g/mol. The lowest BCUT2D eigenvalue weighted by atomic mass is 10.1. The molecule has 1 N–H and O–H groups in total. The Kier molecular flexibility index (Phi) is 14.8. The maximum atomic E-state index is 12.3. The lowest BCUT2D eigenvalue weighted by molar-refractivity contribution is 0.0525. The molecule has 0 amide bonds. The van der Waals surface area contributed by atoms with Gasteiger partial charge >= 0.3 is 11.9 Å². The van der Waals surface area contributed by atoms with Crippen LogP contribution < -0.4 is 9.47 Å². The second-order valence-electron chi connectivity index (χ2n) is 14.6. The number of aryl methyl sites for hydroxylation is 2. The molecule has 2 heterocycles. The van der Waals surface area contributed by atoms with Gasteiger partial charge in [0.05, 0.1) is 29.1 Å². The fraction of sp³-hybridized carbons (Fsp3) is 0.115. The van der Waals surface area contributed by atoms with Crippen LogP contribution in [0.25, 0.3) is 33.9 Å². The van der Waals surface area contributed by atoms with E-state index in [9.17, 15) is 14.7 Å². The molecule has 0 radical (unpaired) electrons. The third-order valence-corrected chi connectivity index (χ3v) is 11.1. The molecular formula is C52H42Cl4N2O6. The topological polar surface area (TPSA) is 91.9 Å². The highest BCUT2D eigenvalue weighted by Crippen LogP contribution is 2.38. The summed E-state index contributed by atoms with van der Waals surface area (Å²) in [6.07, 6.45) is 0. The van der Waals surface area contributed by atoms with Gasteiger partial charge in [0.2, 0.25) is 0 Å². The van der Waals surface area contributed by atoms with E-state index in [0.29, 0.717) is 57.0 Å². The summed E-state index contributed by atoms with van der Waals surface area (Å²) < 4.78 is 21.5. The van der Waals surface area contributed by atoms with E-state index in [2.05, 4.69) is 4.57 Å². The van der Waals surface area contributed by atoms with Gasteiger partial charge in [0, 0.05) is 54.0 Å². The SMILES string of the molecule is CCOC(=O)c1cccc(-n2c(C)ccc2-c2cc(Cl)ccc2OCc2ccc(Cl)cc2)c1.Cc1ccc(-c2cc(Cl)ccc2OCc2ccc(Cl)cc2)n1-c1cccc(C(=O)O)c1. The van der Waals surface area contributed by atoms with Gasteiger partial charge in [-0.3, -0.25) is 0 Å². The monoisotopic (exact) mass is 930 g/mol. The van der Waals surface area contributed by atoms with E-state index in [4.69, 9.17) is 60.6 Å². The number of hydrogen-bond donors (Lipinski definition) is 1. The van der Waals surface area contributed by atoms with Crippen molar-refractivity contribution >= 4 is 58.3 Å². The first kappa shape index (κ1) is 45.6. The Bertz CT molecular complexity index is 2920. The van der Waals surface area contributed by atoms with Gasteiger partial charge in [-0.05, 0) is 153 Å². The minimum atomic E-state index is -0.969. The molecule has 0 atom stereocenters. The molecule has 8 nitrogen and oxygen atoms in total. The Labute approximate surface area is 391 Å². The highest BCUT2D eigenvalue weighted by atomic mass is 35.5. The average Bonchev–Trinajstić information content (AvgIpc) is 3.88. The number of nitrogens with zero attached hydrogens (tertiary/aromatic N) is 2. The molecule has 0 saturated carbocycles. The highest BCUT2D eigenvalue weighted by Gasteiger charge is 2.18. The van der Waals surface area contributed by atoms with Crippen LogP contribution in [-0.4, -0.2) is 32.8 Å². The molecule has 0 spiro atoms. The van der Waals surface area contributed by atoms with Gasteiger partial charge < -0.3 is 28.5 Å². The van der Waals surface area contributed by atoms with E-state index in [1.165, 1.54) is 0 Å². The number of ether oxygens (including phenoxy) is 3. The van der Waals surface area contributed by atoms with E-state index >= 15 is 0 Å². The van der Waals surface area contributed by atoms with Crippen molar-refractivity contribution in [3.63, 3.8) is 0 Å². The lowest BCUT2D eigenvalue weighted by Crippen LogP contribution is -2.07. The summed E-state index contributed by atoms with van der Waals surface area (Å²) in [5, 5.41) is 11.9. The first-order valence-corrected chi connectivity index (χ1v) is 21.7. The quantitative estimate of drug-likeness (QED) is 0.116. The van der Waals surface area contributed by atoms with Crippen LogP contribution >= 0.6 is 46.4 Å². The number of carboxylic acid groups (broad SMARTS) is 1. The number of halogens is 4. The van der Waals surface area contributed by atoms with Crippen LogP contribution in [0.1, 0.15) is 50.2 Å². The molecule has 324 valence electrons. The maximum Gasteiger partial charge on any atom is 0.338 e. The van der Waals surface area contributed by atoms with Crippen LogP contribution in [0.2, 0.25) is 20.1 Å². The van der Waals surface area contributed by atoms with Crippen molar-refractivity contribution in [3.8, 4) is 45.4 Å². The van der Waals surface area contributed by atoms with E-state index in [1.54, 1.807) is 37.3 Å². The number of benzene rings is 6. The van der Waals surface area contributed by atoms with E-state index in [1.807, 2.05) is 146 Å². The number of carbonyl (C=O) groups excluding carboxylic acids is 1. The molecule has 0 saturated heterocycles. The third-order valence-electron chi connectivity index (χ3n) is 10.2. The summed E-state index contributed by atoms with van der Waals surface area (Å²) >= 11 is 24.6. The van der Waals surface area contributed by atoms with Crippen molar-refractivity contribution in [3.05, 3.63) is 211 Å². The Morgan fingerprint density at radius 3 is 1.38 bits per heavy atom. The standard InChI is InChI=1S/C27H23Cl2NO3.C25H19Cl2NO3/c1-3-32-27(31)20-5-4-6-23(15-20)30-18(2)7-13-25(30)24-16-22(29)12-14-26(24)33-17-19-8-10-21(28)11-9-19;1-16-5-11-23(28(16)21-4-2-3-18(13-21)25(29)30)22-14-20(27)10-12-24(22)31-15-17-6-8-19(26)9-7-17/h4-16H,3,17H2,1-2H3;2-14H,15H2,1H3,(H,29,30). The molecule has 6 aromatic carbocycles. The summed E-state index contributed by atoms with van der Waals surface area (Å²) in [4.78, 5) is 23.7. The van der Waals surface area contributed by atoms with Crippen LogP contribution in [0.15, 0.2) is 158 Å². The van der Waals surface area contributed by atoms with Gasteiger partial charge in [-0.15, -0.1) is 0 Å². The smallest absolute Gasteiger partial charge is 0.338 e. The van der Waals surface area contributed by atoms with Crippen molar-refractivity contribution in [2.45, 2.75) is 34.0 Å². The summed E-state index contributed by atoms with van der Waals surface area (Å²) in [6, 6.07) is 48.3. The van der Waals surface area contributed by atoms with Gasteiger partial charge in [0.1, 0.15) is 24.7 Å². The van der Waals surface area contributed by atoms with Gasteiger partial charge in [0.25, 0.3) is 0 Å². The Morgan fingerprint density at radius 1 is 0.516 bits per heavy atom. The molecule has 8 rings (SSSR count). The van der Waals surface area contributed by atoms with Crippen LogP contribution in [0.3, 0.4) is 0 Å². The van der Waals surface area contributed by atoms with Crippen LogP contribution in [0.4, 0.5) is 0 Å². The van der Waals surface area contributed by atoms with Crippen molar-refractivity contribution in [2.75, 3.05) is 6.61 Å². The number of hydrogen-bond acceptors (Lipinski definition) is 5. The number of aromatic nitrogens is 2. The van der Waals surface area contributed by atoms with Gasteiger partial charge in [-0.25, -0.2) is 9.59 Å². The normalized spacial score (nSPS) is 10.8. The predicted octanol–water partition coefficient (Wildman–Crippen LogP) is 14.6. The highest BCUT2D eigenvalue weighted by molar-refractivity contribution is 6.31. The molecule has 0 aliphatic rings. The fourth-order valence-electron chi connectivity index (χ4n) is 7.09. The summed E-state index contributed by atoms with van der Waals surface area (Å²) in [7, 11) is 0. The zero-order chi connectivity index (χ0) is 45.3. The number of rotatable bonds is 13. The molecule has 0 aliphatic carbocycles. The first-order chi connectivity index (χ1) is 30.9. The molecule has 2 aromatic heterocycles. The zero-order valence-corrected chi connectivity index (χ0v) is 38.1. The van der Waals surface area contributed by atoms with Crippen molar-refractivity contribution in [1.82, 2.24) is 9.13 Å². The summed E-state index contributed by atoms with van der Waals surface area (Å²) in [6.45, 7) is 6.87. The minimum absolute atomic E-state index is 0.224. The van der Waals surface area contributed by atoms with Crippen molar-refractivity contribution < 1.29 is 28.9 Å². The van der Waals surface area contributed by atoms with Crippen LogP contribution in [0, 0.1) is 13.8 Å².